The number of fused-ring (bicyclic) bond motifs is 1. The molecule has 0 saturated carbocycles. The summed E-state index contributed by atoms with van der Waals surface area (Å²) in [5.74, 6) is 1.61. The number of nitrogens with zero attached hydrogens (tertiary/aromatic N) is 1. The lowest BCUT2D eigenvalue weighted by Crippen LogP contribution is -2.54. The molecule has 0 amide bonds. The van der Waals surface area contributed by atoms with Crippen molar-refractivity contribution in [2.75, 3.05) is 18.7 Å². The normalized spacial score (nSPS) is 29.3. The first kappa shape index (κ1) is 16.6. The predicted octanol–water partition coefficient (Wildman–Crippen LogP) is 2.40. The van der Waals surface area contributed by atoms with Crippen molar-refractivity contribution in [3.63, 3.8) is 0 Å². The van der Waals surface area contributed by atoms with Crippen LogP contribution in [0, 0.1) is 5.41 Å². The Morgan fingerprint density at radius 1 is 1.39 bits per heavy atom. The van der Waals surface area contributed by atoms with E-state index in [1.165, 1.54) is 0 Å². The van der Waals surface area contributed by atoms with Crippen molar-refractivity contribution in [1.82, 2.24) is 4.90 Å². The molecule has 2 saturated heterocycles. The zero-order valence-corrected chi connectivity index (χ0v) is 14.7. The summed E-state index contributed by atoms with van der Waals surface area (Å²) in [6, 6.07) is 7.19. The number of benzene rings is 1. The van der Waals surface area contributed by atoms with Crippen LogP contribution in [0.5, 0.6) is 5.75 Å². The maximum absolute atomic E-state index is 12.7. The zero-order chi connectivity index (χ0) is 16.8. The van der Waals surface area contributed by atoms with Crippen LogP contribution in [-0.4, -0.2) is 46.5 Å². The standard InChI is InChI=1S/C17H23NO4S/c1-16(2,3)14-18-10-23-9-17(18,15(20)22-14)13(19)11-5-7-12(21-4)8-6-11/h5-8,13-14,19H,9-10H2,1-4H3. The summed E-state index contributed by atoms with van der Waals surface area (Å²) in [5.41, 5.74) is -0.510. The molecule has 0 aromatic heterocycles. The lowest BCUT2D eigenvalue weighted by molar-refractivity contribution is -0.150. The number of thioether (sulfide) groups is 1. The van der Waals surface area contributed by atoms with Gasteiger partial charge in [0.2, 0.25) is 0 Å². The number of ether oxygens (including phenoxy) is 2. The Kier molecular flexibility index (Phi) is 4.11. The molecule has 2 fully saturated rings. The van der Waals surface area contributed by atoms with Gasteiger partial charge in [-0.2, -0.15) is 0 Å². The van der Waals surface area contributed by atoms with Crippen LogP contribution in [0.3, 0.4) is 0 Å². The van der Waals surface area contributed by atoms with E-state index in [0.29, 0.717) is 17.2 Å². The van der Waals surface area contributed by atoms with E-state index in [9.17, 15) is 9.90 Å². The number of rotatable bonds is 3. The smallest absolute Gasteiger partial charge is 0.332 e. The Morgan fingerprint density at radius 2 is 2.04 bits per heavy atom. The topological polar surface area (TPSA) is 59.0 Å². The summed E-state index contributed by atoms with van der Waals surface area (Å²) in [5, 5.41) is 11.0. The molecule has 6 heteroatoms. The molecule has 0 spiro atoms. The second kappa shape index (κ2) is 5.69. The van der Waals surface area contributed by atoms with Crippen LogP contribution < -0.4 is 4.74 Å². The molecule has 5 nitrogen and oxygen atoms in total. The molecule has 2 heterocycles. The van der Waals surface area contributed by atoms with E-state index >= 15 is 0 Å². The molecule has 0 aliphatic carbocycles. The monoisotopic (exact) mass is 337 g/mol. The third-order valence-electron chi connectivity index (χ3n) is 4.54. The minimum atomic E-state index is -1.00. The van der Waals surface area contributed by atoms with E-state index in [1.54, 1.807) is 43.1 Å². The number of methoxy groups -OCH3 is 1. The van der Waals surface area contributed by atoms with Crippen molar-refractivity contribution in [3.8, 4) is 5.75 Å². The molecular formula is C17H23NO4S. The summed E-state index contributed by atoms with van der Waals surface area (Å²) in [7, 11) is 1.60. The number of carbonyl (C=O) groups is 1. The van der Waals surface area contributed by atoms with Crippen molar-refractivity contribution in [2.24, 2.45) is 5.41 Å². The third-order valence-corrected chi connectivity index (χ3v) is 5.65. The van der Waals surface area contributed by atoms with Crippen molar-refractivity contribution in [1.29, 1.82) is 0 Å². The fourth-order valence-electron chi connectivity index (χ4n) is 3.27. The average Bonchev–Trinajstić information content (AvgIpc) is 3.06. The molecule has 2 aliphatic rings. The molecule has 0 bridgehead atoms. The van der Waals surface area contributed by atoms with Crippen LogP contribution >= 0.6 is 11.8 Å². The van der Waals surface area contributed by atoms with E-state index in [2.05, 4.69) is 0 Å². The number of hydrogen-bond donors (Lipinski definition) is 1. The Morgan fingerprint density at radius 3 is 2.61 bits per heavy atom. The summed E-state index contributed by atoms with van der Waals surface area (Å²) in [6.45, 7) is 6.14. The number of cyclic esters (lactones) is 1. The van der Waals surface area contributed by atoms with Crippen molar-refractivity contribution in [2.45, 2.75) is 38.6 Å². The van der Waals surface area contributed by atoms with E-state index in [0.717, 1.165) is 5.75 Å². The van der Waals surface area contributed by atoms with Gasteiger partial charge >= 0.3 is 5.97 Å². The molecule has 126 valence electrons. The van der Waals surface area contributed by atoms with Gasteiger partial charge in [0.05, 0.1) is 7.11 Å². The van der Waals surface area contributed by atoms with Crippen LogP contribution in [0.2, 0.25) is 0 Å². The maximum atomic E-state index is 12.7. The highest BCUT2D eigenvalue weighted by Gasteiger charge is 2.64. The van der Waals surface area contributed by atoms with Crippen LogP contribution in [0.15, 0.2) is 24.3 Å². The highest BCUT2D eigenvalue weighted by Crippen LogP contribution is 2.50. The van der Waals surface area contributed by atoms with Gasteiger partial charge in [0.25, 0.3) is 0 Å². The lowest BCUT2D eigenvalue weighted by atomic mass is 9.86. The van der Waals surface area contributed by atoms with E-state index < -0.39 is 11.6 Å². The fraction of sp³-hybridized carbons (Fsp3) is 0.588. The lowest BCUT2D eigenvalue weighted by Gasteiger charge is -2.36. The molecule has 1 aromatic rings. The molecule has 1 N–H and O–H groups in total. The van der Waals surface area contributed by atoms with Gasteiger partial charge in [-0.3, -0.25) is 0 Å². The van der Waals surface area contributed by atoms with Gasteiger partial charge in [-0.15, -0.1) is 11.8 Å². The second-order valence-electron chi connectivity index (χ2n) is 7.17. The Hall–Kier alpha value is -1.24. The van der Waals surface area contributed by atoms with Gasteiger partial charge in [0, 0.05) is 17.0 Å². The number of carbonyl (C=O) groups excluding carboxylic acids is 1. The number of esters is 1. The van der Waals surface area contributed by atoms with E-state index in [1.807, 2.05) is 25.7 Å². The van der Waals surface area contributed by atoms with Crippen molar-refractivity contribution >= 4 is 17.7 Å². The third kappa shape index (κ3) is 2.53. The number of hydrogen-bond acceptors (Lipinski definition) is 6. The summed E-state index contributed by atoms with van der Waals surface area (Å²) in [6.07, 6.45) is -1.25. The van der Waals surface area contributed by atoms with Crippen LogP contribution in [0.25, 0.3) is 0 Å². The Bertz CT molecular complexity index is 598. The molecular weight excluding hydrogens is 314 g/mol. The highest BCUT2D eigenvalue weighted by molar-refractivity contribution is 7.99. The fourth-order valence-corrected chi connectivity index (χ4v) is 4.68. The Balaban J connectivity index is 1.96. The SMILES string of the molecule is COc1ccc(C(O)C23CSCN2C(C(C)(C)C)OC3=O)cc1. The predicted molar refractivity (Wildman–Crippen MR) is 89.2 cm³/mol. The van der Waals surface area contributed by atoms with Crippen molar-refractivity contribution < 1.29 is 19.4 Å². The van der Waals surface area contributed by atoms with Crippen LogP contribution in [0.1, 0.15) is 32.4 Å². The molecule has 23 heavy (non-hydrogen) atoms. The minimum absolute atomic E-state index is 0.206. The van der Waals surface area contributed by atoms with Gasteiger partial charge < -0.3 is 14.6 Å². The quantitative estimate of drug-likeness (QED) is 0.855. The van der Waals surface area contributed by atoms with Crippen molar-refractivity contribution in [3.05, 3.63) is 29.8 Å². The van der Waals surface area contributed by atoms with Gasteiger partial charge in [-0.05, 0) is 17.7 Å². The van der Waals surface area contributed by atoms with E-state index in [-0.39, 0.29) is 17.6 Å². The zero-order valence-electron chi connectivity index (χ0n) is 13.9. The minimum Gasteiger partial charge on any atom is -0.497 e. The van der Waals surface area contributed by atoms with Crippen LogP contribution in [0.4, 0.5) is 0 Å². The summed E-state index contributed by atoms with van der Waals surface area (Å²) < 4.78 is 10.8. The first-order chi connectivity index (χ1) is 10.8. The maximum Gasteiger partial charge on any atom is 0.332 e. The molecule has 0 radical (unpaired) electrons. The highest BCUT2D eigenvalue weighted by atomic mass is 32.2. The van der Waals surface area contributed by atoms with Gasteiger partial charge in [0.1, 0.15) is 11.9 Å². The van der Waals surface area contributed by atoms with E-state index in [4.69, 9.17) is 9.47 Å². The molecule has 3 rings (SSSR count). The molecule has 1 aromatic carbocycles. The Labute approximate surface area is 140 Å². The van der Waals surface area contributed by atoms with Gasteiger partial charge in [0.15, 0.2) is 11.8 Å². The molecule has 3 atom stereocenters. The van der Waals surface area contributed by atoms with Crippen LogP contribution in [-0.2, 0) is 9.53 Å². The average molecular weight is 337 g/mol. The molecule has 2 aliphatic heterocycles. The second-order valence-corrected chi connectivity index (χ2v) is 8.13. The first-order valence-electron chi connectivity index (χ1n) is 7.68. The number of aliphatic hydroxyl groups is 1. The first-order valence-corrected chi connectivity index (χ1v) is 8.84. The summed E-state index contributed by atoms with van der Waals surface area (Å²) >= 11 is 1.66. The largest absolute Gasteiger partial charge is 0.497 e. The number of aliphatic hydroxyl groups excluding tert-OH is 1. The molecule has 3 unspecified atom stereocenters. The van der Waals surface area contributed by atoms with Gasteiger partial charge in [-0.25, -0.2) is 9.69 Å². The summed E-state index contributed by atoms with van der Waals surface area (Å²) in [4.78, 5) is 14.7. The van der Waals surface area contributed by atoms with Gasteiger partial charge in [-0.1, -0.05) is 32.9 Å².